The summed E-state index contributed by atoms with van der Waals surface area (Å²) in [6, 6.07) is 18.9. The van der Waals surface area contributed by atoms with E-state index < -0.39 is 0 Å². The molecule has 0 radical (unpaired) electrons. The van der Waals surface area contributed by atoms with Crippen LogP contribution in [0.1, 0.15) is 43.4 Å². The van der Waals surface area contributed by atoms with Gasteiger partial charge in [0, 0.05) is 46.4 Å². The normalized spacial score (nSPS) is 13.6. The standard InChI is InChI=1S/C36H44N8O3.2C2H4O2.C2H6O/c1-37-21-34(45)39-15-5-4-8-33-40-20-30(41-33)27-12-11-23-17-24(9-10-25(23)18-27)26-13-14-28-29(19-26)43-35(42-28)32-7-6-16-44(32)36(46)31(38-2)22-47-3;2*1-4-2-3;1-3-2/h9-14,17-20,31-32,37-38H,4-8,15-16,21-22H2,1-3H3,(H,39,45)(H,40,41)(H,42,43);2*2H,1H3;1-2H3. The van der Waals surface area contributed by atoms with Gasteiger partial charge in [-0.15, -0.1) is 0 Å². The Kier molecular flexibility index (Phi) is 20.6. The lowest BCUT2D eigenvalue weighted by Crippen LogP contribution is -2.47. The third kappa shape index (κ3) is 13.8. The van der Waals surface area contributed by atoms with Crippen molar-refractivity contribution in [2.45, 2.75) is 44.2 Å². The maximum atomic E-state index is 13.2. The second kappa shape index (κ2) is 25.5. The predicted octanol–water partition coefficient (Wildman–Crippen LogP) is 4.17. The molecule has 3 aromatic carbocycles. The average molecular weight is 803 g/mol. The third-order valence-electron chi connectivity index (χ3n) is 9.14. The Balaban J connectivity index is 0.000000731. The van der Waals surface area contributed by atoms with Crippen molar-refractivity contribution in [1.29, 1.82) is 0 Å². The fourth-order valence-electron chi connectivity index (χ4n) is 6.42. The van der Waals surface area contributed by atoms with Crippen LogP contribution in [0.3, 0.4) is 0 Å². The van der Waals surface area contributed by atoms with Crippen molar-refractivity contribution in [1.82, 2.24) is 40.8 Å². The Hall–Kier alpha value is -5.68. The molecule has 0 aliphatic carbocycles. The van der Waals surface area contributed by atoms with Crippen LogP contribution in [0.15, 0.2) is 60.8 Å². The molecule has 5 N–H and O–H groups in total. The zero-order valence-corrected chi connectivity index (χ0v) is 34.6. The summed E-state index contributed by atoms with van der Waals surface area (Å²) in [7, 11) is 11.0. The number of likely N-dealkylation sites (N-methyl/N-ethyl adjacent to an activating group) is 2. The summed E-state index contributed by atoms with van der Waals surface area (Å²) in [6.45, 7) is 2.82. The SMILES string of the molecule is CNCC(=O)NCCCCc1ncc(-c2ccc3cc(-c4ccc5nc(C6CCCN6C(=O)C(COC)NC)[nH]c5c4)ccc3c2)[nH]1.COC.COC=O.COC=O. The molecule has 1 aliphatic heterocycles. The van der Waals surface area contributed by atoms with E-state index in [9.17, 15) is 9.59 Å². The van der Waals surface area contributed by atoms with Gasteiger partial charge in [0.2, 0.25) is 11.8 Å². The first-order valence-electron chi connectivity index (χ1n) is 19.0. The molecular formula is C42H58N8O8. The van der Waals surface area contributed by atoms with Crippen molar-refractivity contribution in [3.63, 3.8) is 0 Å². The zero-order chi connectivity index (χ0) is 42.3. The van der Waals surface area contributed by atoms with Crippen LogP contribution in [0.25, 0.3) is 44.2 Å². The third-order valence-corrected chi connectivity index (χ3v) is 9.14. The first-order valence-corrected chi connectivity index (χ1v) is 19.0. The number of hydrogen-bond donors (Lipinski definition) is 5. The van der Waals surface area contributed by atoms with E-state index in [4.69, 9.17) is 19.3 Å². The van der Waals surface area contributed by atoms with E-state index in [1.165, 1.54) is 14.2 Å². The van der Waals surface area contributed by atoms with Gasteiger partial charge in [-0.1, -0.05) is 30.3 Å². The molecule has 2 aromatic heterocycles. The molecule has 0 saturated carbocycles. The fraction of sp³-hybridized carbons (Fsp3) is 0.429. The zero-order valence-electron chi connectivity index (χ0n) is 34.6. The maximum Gasteiger partial charge on any atom is 0.292 e. The molecule has 0 bridgehead atoms. The number of unbranched alkanes of at least 4 members (excludes halogenated alkanes) is 1. The maximum absolute atomic E-state index is 13.2. The van der Waals surface area contributed by atoms with Crippen molar-refractivity contribution in [3.8, 4) is 22.4 Å². The number of hydrogen-bond acceptors (Lipinski definition) is 12. The first kappa shape index (κ1) is 46.7. The Labute approximate surface area is 339 Å². The Morgan fingerprint density at radius 1 is 0.897 bits per heavy atom. The van der Waals surface area contributed by atoms with Crippen LogP contribution in [0, 0.1) is 0 Å². The van der Waals surface area contributed by atoms with E-state index in [-0.39, 0.29) is 23.9 Å². The molecule has 2 atom stereocenters. The van der Waals surface area contributed by atoms with Gasteiger partial charge in [-0.2, -0.15) is 0 Å². The van der Waals surface area contributed by atoms with E-state index in [0.29, 0.717) is 39.2 Å². The summed E-state index contributed by atoms with van der Waals surface area (Å²) in [5.41, 5.74) is 6.18. The highest BCUT2D eigenvalue weighted by Gasteiger charge is 2.35. The fourth-order valence-corrected chi connectivity index (χ4v) is 6.42. The Morgan fingerprint density at radius 3 is 2.17 bits per heavy atom. The number of nitrogens with zero attached hydrogens (tertiary/aromatic N) is 3. The minimum Gasteiger partial charge on any atom is -0.471 e. The molecule has 0 spiro atoms. The Bertz CT molecular complexity index is 2010. The van der Waals surface area contributed by atoms with Gasteiger partial charge in [0.05, 0.1) is 56.3 Å². The highest BCUT2D eigenvalue weighted by molar-refractivity contribution is 5.92. The van der Waals surface area contributed by atoms with Crippen molar-refractivity contribution in [3.05, 3.63) is 72.4 Å². The molecule has 2 unspecified atom stereocenters. The summed E-state index contributed by atoms with van der Waals surface area (Å²) in [6.07, 6.45) is 6.42. The molecule has 16 nitrogen and oxygen atoms in total. The number of carbonyl (C=O) groups excluding carboxylic acids is 4. The van der Waals surface area contributed by atoms with Gasteiger partial charge < -0.3 is 49.8 Å². The van der Waals surface area contributed by atoms with E-state index in [0.717, 1.165) is 87.9 Å². The molecular weight excluding hydrogens is 745 g/mol. The van der Waals surface area contributed by atoms with Crippen LogP contribution in [0.5, 0.6) is 0 Å². The second-order valence-electron chi connectivity index (χ2n) is 13.3. The largest absolute Gasteiger partial charge is 0.471 e. The molecule has 2 amide bonds. The number of methoxy groups -OCH3 is 4. The summed E-state index contributed by atoms with van der Waals surface area (Å²) < 4.78 is 17.2. The number of imidazole rings is 2. The van der Waals surface area contributed by atoms with Gasteiger partial charge in [0.15, 0.2) is 0 Å². The number of fused-ring (bicyclic) bond motifs is 2. The molecule has 1 fully saturated rings. The van der Waals surface area contributed by atoms with Crippen LogP contribution in [-0.2, 0) is 44.5 Å². The van der Waals surface area contributed by atoms with Crippen molar-refractivity contribution < 1.29 is 38.1 Å². The molecule has 3 heterocycles. The summed E-state index contributed by atoms with van der Waals surface area (Å²) >= 11 is 0. The first-order chi connectivity index (χ1) is 28.2. The topological polar surface area (TPSA) is 202 Å². The molecule has 1 saturated heterocycles. The number of H-pyrrole nitrogens is 2. The summed E-state index contributed by atoms with van der Waals surface area (Å²) in [5, 5.41) is 11.2. The van der Waals surface area contributed by atoms with E-state index in [1.807, 2.05) is 11.1 Å². The van der Waals surface area contributed by atoms with Gasteiger partial charge >= 0.3 is 0 Å². The van der Waals surface area contributed by atoms with Crippen LogP contribution in [0.4, 0.5) is 0 Å². The second-order valence-corrected chi connectivity index (χ2v) is 13.3. The molecule has 16 heteroatoms. The number of aryl methyl sites for hydroxylation is 1. The van der Waals surface area contributed by atoms with Crippen LogP contribution < -0.4 is 16.0 Å². The van der Waals surface area contributed by atoms with Gasteiger partial charge in [-0.3, -0.25) is 19.2 Å². The molecule has 58 heavy (non-hydrogen) atoms. The van der Waals surface area contributed by atoms with E-state index in [2.05, 4.69) is 99.7 Å². The number of amides is 2. The Morgan fingerprint density at radius 2 is 1.53 bits per heavy atom. The number of ether oxygens (including phenoxy) is 4. The highest BCUT2D eigenvalue weighted by atomic mass is 16.5. The van der Waals surface area contributed by atoms with Crippen molar-refractivity contribution in [2.24, 2.45) is 0 Å². The van der Waals surface area contributed by atoms with Crippen molar-refractivity contribution in [2.75, 3.05) is 75.9 Å². The van der Waals surface area contributed by atoms with Crippen LogP contribution >= 0.6 is 0 Å². The summed E-state index contributed by atoms with van der Waals surface area (Å²) in [5.74, 6) is 1.85. The van der Waals surface area contributed by atoms with E-state index in [1.54, 1.807) is 35.4 Å². The minimum atomic E-state index is -0.372. The molecule has 5 aromatic rings. The highest BCUT2D eigenvalue weighted by Crippen LogP contribution is 2.34. The smallest absolute Gasteiger partial charge is 0.292 e. The lowest BCUT2D eigenvalue weighted by Gasteiger charge is -2.27. The lowest BCUT2D eigenvalue weighted by atomic mass is 9.99. The summed E-state index contributed by atoms with van der Waals surface area (Å²) in [4.78, 5) is 61.1. The molecule has 314 valence electrons. The van der Waals surface area contributed by atoms with Gasteiger partial charge in [0.1, 0.15) is 17.7 Å². The number of rotatable bonds is 16. The van der Waals surface area contributed by atoms with Crippen molar-refractivity contribution >= 4 is 46.6 Å². The average Bonchev–Trinajstić information content (AvgIpc) is 4.03. The molecule has 1 aliphatic rings. The molecule has 6 rings (SSSR count). The number of carbonyl (C=O) groups is 4. The quantitative estimate of drug-likeness (QED) is 0.0706. The van der Waals surface area contributed by atoms with Crippen LogP contribution in [0.2, 0.25) is 0 Å². The van der Waals surface area contributed by atoms with Crippen LogP contribution in [-0.4, -0.2) is 132 Å². The number of likely N-dealkylation sites (tertiary alicyclic amines) is 1. The number of aromatic nitrogens is 4. The monoisotopic (exact) mass is 802 g/mol. The predicted molar refractivity (Wildman–Crippen MR) is 224 cm³/mol. The van der Waals surface area contributed by atoms with Gasteiger partial charge in [-0.05, 0) is 85.9 Å². The van der Waals surface area contributed by atoms with E-state index >= 15 is 0 Å². The lowest BCUT2D eigenvalue weighted by molar-refractivity contribution is -0.135. The number of nitrogens with one attached hydrogen (secondary N) is 5. The van der Waals surface area contributed by atoms with Gasteiger partial charge in [-0.25, -0.2) is 9.97 Å². The van der Waals surface area contributed by atoms with Gasteiger partial charge in [0.25, 0.3) is 12.9 Å². The number of benzene rings is 3. The minimum absolute atomic E-state index is 0.0210. The number of aromatic amines is 2.